The van der Waals surface area contributed by atoms with Crippen LogP contribution >= 0.6 is 0 Å². The second-order valence-electron chi connectivity index (χ2n) is 2.75. The van der Waals surface area contributed by atoms with Crippen molar-refractivity contribution < 1.29 is 9.53 Å². The van der Waals surface area contributed by atoms with E-state index in [2.05, 4.69) is 0 Å². The molecule has 63 valence electrons. The molecule has 1 amide bonds. The van der Waals surface area contributed by atoms with Gasteiger partial charge in [0.05, 0.1) is 6.61 Å². The standard InChI is InChI=1S/C8H15NO2/c1-2-11-8(10)9-6-4-3-5-7-9/h2-7H2,1H3/q+1. The Morgan fingerprint density at radius 2 is 2.00 bits per heavy atom. The predicted molar refractivity (Wildman–Crippen MR) is 42.7 cm³/mol. The van der Waals surface area contributed by atoms with Crippen molar-refractivity contribution >= 4 is 6.09 Å². The van der Waals surface area contributed by atoms with E-state index >= 15 is 0 Å². The van der Waals surface area contributed by atoms with Crippen LogP contribution in [0.5, 0.6) is 0 Å². The number of ether oxygens (including phenoxy) is 1. The lowest BCUT2D eigenvalue weighted by Crippen LogP contribution is -2.41. The van der Waals surface area contributed by atoms with Crippen molar-refractivity contribution in [1.82, 2.24) is 4.90 Å². The summed E-state index contributed by atoms with van der Waals surface area (Å²) in [5, 5.41) is 0. The van der Waals surface area contributed by atoms with Crippen LogP contribution in [0.3, 0.4) is 0 Å². The number of hydrogen-bond acceptors (Lipinski definition) is 2. The Bertz CT molecular complexity index is 130. The predicted octanol–water partition coefficient (Wildman–Crippen LogP) is 1.47. The zero-order valence-electron chi connectivity index (χ0n) is 7.01. The number of piperidine rings is 1. The molecule has 1 heterocycles. The van der Waals surface area contributed by atoms with Crippen LogP contribution in [-0.2, 0) is 4.74 Å². The molecular weight excluding hydrogens is 142 g/mol. The summed E-state index contributed by atoms with van der Waals surface area (Å²) in [4.78, 5) is 12.9. The second kappa shape index (κ2) is 4.34. The smallest absolute Gasteiger partial charge is 0.417 e. The Kier molecular flexibility index (Phi) is 3.36. The highest BCUT2D eigenvalue weighted by Gasteiger charge is 2.29. The summed E-state index contributed by atoms with van der Waals surface area (Å²) in [6, 6.07) is 0. The molecule has 0 atom stereocenters. The minimum atomic E-state index is -0.146. The summed E-state index contributed by atoms with van der Waals surface area (Å²) >= 11 is 0. The minimum absolute atomic E-state index is 0.146. The maximum absolute atomic E-state index is 11.1. The van der Waals surface area contributed by atoms with Gasteiger partial charge in [-0.15, -0.1) is 0 Å². The monoisotopic (exact) mass is 157 g/mol. The van der Waals surface area contributed by atoms with E-state index in [9.17, 15) is 4.79 Å². The third-order valence-corrected chi connectivity index (χ3v) is 1.88. The SMILES string of the molecule is CCOC(=O)[N+]1CCCCC1. The molecule has 1 radical (unpaired) electrons. The summed E-state index contributed by atoms with van der Waals surface area (Å²) < 4.78 is 4.87. The highest BCUT2D eigenvalue weighted by atomic mass is 16.6. The van der Waals surface area contributed by atoms with E-state index in [0.29, 0.717) is 6.61 Å². The van der Waals surface area contributed by atoms with Gasteiger partial charge in [0.1, 0.15) is 13.1 Å². The first-order chi connectivity index (χ1) is 5.34. The topological polar surface area (TPSA) is 32.2 Å². The average molecular weight is 157 g/mol. The van der Waals surface area contributed by atoms with E-state index in [1.54, 1.807) is 4.90 Å². The third-order valence-electron chi connectivity index (χ3n) is 1.88. The van der Waals surface area contributed by atoms with Crippen LogP contribution in [0.15, 0.2) is 0 Å². The van der Waals surface area contributed by atoms with Gasteiger partial charge in [-0.25, -0.2) is 0 Å². The van der Waals surface area contributed by atoms with Crippen LogP contribution in [-0.4, -0.2) is 25.8 Å². The Morgan fingerprint density at radius 3 is 2.55 bits per heavy atom. The van der Waals surface area contributed by atoms with Crippen molar-refractivity contribution in [3.63, 3.8) is 0 Å². The van der Waals surface area contributed by atoms with Crippen LogP contribution in [0.1, 0.15) is 26.2 Å². The second-order valence-corrected chi connectivity index (χ2v) is 2.75. The molecule has 1 aliphatic rings. The van der Waals surface area contributed by atoms with Gasteiger partial charge in [-0.2, -0.15) is 4.79 Å². The molecule has 0 aromatic rings. The molecule has 1 saturated heterocycles. The van der Waals surface area contributed by atoms with Crippen molar-refractivity contribution in [2.45, 2.75) is 26.2 Å². The molecule has 0 aliphatic carbocycles. The normalized spacial score (nSPS) is 19.7. The molecule has 0 saturated carbocycles. The average Bonchev–Trinajstić information content (AvgIpc) is 2.07. The van der Waals surface area contributed by atoms with Gasteiger partial charge in [-0.1, -0.05) is 4.90 Å². The van der Waals surface area contributed by atoms with Crippen LogP contribution in [0.4, 0.5) is 4.79 Å². The van der Waals surface area contributed by atoms with Crippen molar-refractivity contribution in [2.75, 3.05) is 19.7 Å². The van der Waals surface area contributed by atoms with E-state index in [1.807, 2.05) is 6.92 Å². The first kappa shape index (κ1) is 8.53. The van der Waals surface area contributed by atoms with E-state index in [-0.39, 0.29) is 6.09 Å². The highest BCUT2D eigenvalue weighted by Crippen LogP contribution is 2.06. The summed E-state index contributed by atoms with van der Waals surface area (Å²) in [7, 11) is 0. The summed E-state index contributed by atoms with van der Waals surface area (Å²) in [5.74, 6) is 0. The van der Waals surface area contributed by atoms with Gasteiger partial charge in [0.15, 0.2) is 0 Å². The lowest BCUT2D eigenvalue weighted by atomic mass is 10.1. The van der Waals surface area contributed by atoms with Gasteiger partial charge in [0, 0.05) is 12.8 Å². The largest absolute Gasteiger partial charge is 0.566 e. The quantitative estimate of drug-likeness (QED) is 0.540. The molecule has 11 heavy (non-hydrogen) atoms. The zero-order chi connectivity index (χ0) is 8.10. The molecule has 0 spiro atoms. The molecule has 1 rings (SSSR count). The first-order valence-electron chi connectivity index (χ1n) is 4.26. The highest BCUT2D eigenvalue weighted by molar-refractivity contribution is 5.70. The molecule has 0 aromatic heterocycles. The molecule has 1 fully saturated rings. The Morgan fingerprint density at radius 1 is 1.36 bits per heavy atom. The summed E-state index contributed by atoms with van der Waals surface area (Å²) in [6.07, 6.45) is 3.35. The molecule has 3 heteroatoms. The maximum Gasteiger partial charge on any atom is 0.566 e. The summed E-state index contributed by atoms with van der Waals surface area (Å²) in [5.41, 5.74) is 0. The van der Waals surface area contributed by atoms with Crippen molar-refractivity contribution in [2.24, 2.45) is 0 Å². The van der Waals surface area contributed by atoms with E-state index in [0.717, 1.165) is 25.9 Å². The van der Waals surface area contributed by atoms with E-state index in [4.69, 9.17) is 4.74 Å². The van der Waals surface area contributed by atoms with Crippen LogP contribution in [0, 0.1) is 0 Å². The Hall–Kier alpha value is -0.570. The van der Waals surface area contributed by atoms with Gasteiger partial charge >= 0.3 is 6.09 Å². The number of amides is 1. The number of carbonyl (C=O) groups is 1. The third kappa shape index (κ3) is 2.50. The number of hydrogen-bond donors (Lipinski definition) is 0. The molecule has 3 nitrogen and oxygen atoms in total. The molecule has 0 N–H and O–H groups in total. The fraction of sp³-hybridized carbons (Fsp3) is 0.875. The molecule has 0 unspecified atom stereocenters. The van der Waals surface area contributed by atoms with E-state index < -0.39 is 0 Å². The Balaban J connectivity index is 2.27. The lowest BCUT2D eigenvalue weighted by Gasteiger charge is -2.13. The number of nitrogens with zero attached hydrogens (tertiary/aromatic N) is 1. The molecular formula is C8H15NO2+. The lowest BCUT2D eigenvalue weighted by molar-refractivity contribution is 0.127. The maximum atomic E-state index is 11.1. The fourth-order valence-corrected chi connectivity index (χ4v) is 1.29. The number of likely N-dealkylation sites (tertiary alicyclic amines) is 1. The molecule has 0 bridgehead atoms. The van der Waals surface area contributed by atoms with Crippen LogP contribution < -0.4 is 4.90 Å². The van der Waals surface area contributed by atoms with Crippen molar-refractivity contribution in [3.05, 3.63) is 0 Å². The van der Waals surface area contributed by atoms with Crippen molar-refractivity contribution in [1.29, 1.82) is 0 Å². The number of carbonyl (C=O) groups excluding carboxylic acids is 1. The van der Waals surface area contributed by atoms with Crippen LogP contribution in [0.2, 0.25) is 0 Å². The fourth-order valence-electron chi connectivity index (χ4n) is 1.29. The minimum Gasteiger partial charge on any atom is -0.417 e. The number of rotatable bonds is 1. The Labute approximate surface area is 67.3 Å². The van der Waals surface area contributed by atoms with Gasteiger partial charge in [-0.3, -0.25) is 0 Å². The van der Waals surface area contributed by atoms with Crippen LogP contribution in [0.25, 0.3) is 0 Å². The zero-order valence-corrected chi connectivity index (χ0v) is 7.01. The van der Waals surface area contributed by atoms with Gasteiger partial charge in [0.25, 0.3) is 0 Å². The molecule has 0 aromatic carbocycles. The van der Waals surface area contributed by atoms with Gasteiger partial charge in [0.2, 0.25) is 0 Å². The van der Waals surface area contributed by atoms with Crippen molar-refractivity contribution in [3.8, 4) is 0 Å². The van der Waals surface area contributed by atoms with Gasteiger partial charge in [-0.05, 0) is 13.3 Å². The van der Waals surface area contributed by atoms with E-state index in [1.165, 1.54) is 6.42 Å². The van der Waals surface area contributed by atoms with Gasteiger partial charge < -0.3 is 4.74 Å². The first-order valence-corrected chi connectivity index (χ1v) is 4.26. The molecule has 1 aliphatic heterocycles. The summed E-state index contributed by atoms with van der Waals surface area (Å²) in [6.45, 7) is 4.06.